The van der Waals surface area contributed by atoms with Gasteiger partial charge in [0.15, 0.2) is 0 Å². The van der Waals surface area contributed by atoms with Crippen LogP contribution in [0.25, 0.3) is 44.5 Å². The van der Waals surface area contributed by atoms with E-state index in [4.69, 9.17) is 30.0 Å². The second kappa shape index (κ2) is 18.1. The molecule has 8 nitrogen and oxygen atoms in total. The Morgan fingerprint density at radius 2 is 0.711 bits per heavy atom. The summed E-state index contributed by atoms with van der Waals surface area (Å²) in [6, 6.07) is 88.8. The molecular weight excluding hydrogens is 995 g/mol. The van der Waals surface area contributed by atoms with Crippen LogP contribution in [-0.2, 0) is 0 Å². The summed E-state index contributed by atoms with van der Waals surface area (Å²) in [4.78, 5) is 34.7. The van der Waals surface area contributed by atoms with Crippen molar-refractivity contribution in [3.05, 3.63) is 265 Å². The SMILES string of the molecule is c1ccc(C2=NC3=NC(c4ccccc4)=NC4=NC(c5ccc6c(c5)B5c7cc(-c8ccccc8)ccc7N(c7ccc(-c8ccccc8)cc7)c7cc(-c8cccc(-c9ccccc9)c8)cc(c75)[Se]6)=NC(=N2)N34)cc1. The van der Waals surface area contributed by atoms with E-state index in [1.807, 2.05) is 60.7 Å². The maximum absolute atomic E-state index is 5.23. The van der Waals surface area contributed by atoms with Crippen molar-refractivity contribution in [2.45, 2.75) is 0 Å². The standard InChI is InChI=1S/C66H41BN8Se/c1-6-17-42(18-7-1)45-29-33-53(34-30-45)74-56-35-31-50(44-21-10-3-11-22-44)38-54(56)67-55-39-51(32-36-58(55)76-59-41-52(40-57(74)60(59)67)49-28-16-27-48(37-49)43-19-8-2-9-20-43)63-72-65-70-61(46-23-12-4-13-24-46)68-64-69-62(47-25-14-5-15-26-47)71-66(73-63)75(64)65/h1-41H. The van der Waals surface area contributed by atoms with Gasteiger partial charge in [-0.05, 0) is 0 Å². The summed E-state index contributed by atoms with van der Waals surface area (Å²) in [5, 5.41) is 0. The average molecular weight is 1040 g/mol. The first-order valence-corrected chi connectivity index (χ1v) is 27.1. The molecule has 0 unspecified atom stereocenters. The maximum atomic E-state index is 5.23. The van der Waals surface area contributed by atoms with Crippen molar-refractivity contribution in [1.29, 1.82) is 0 Å². The molecule has 76 heavy (non-hydrogen) atoms. The molecule has 5 aliphatic heterocycles. The number of guanidine groups is 3. The third-order valence-corrected chi connectivity index (χ3v) is 17.0. The van der Waals surface area contributed by atoms with Gasteiger partial charge in [0.05, 0.1) is 0 Å². The van der Waals surface area contributed by atoms with Gasteiger partial charge in [0, 0.05) is 0 Å². The predicted octanol–water partition coefficient (Wildman–Crippen LogP) is 10.7. The van der Waals surface area contributed by atoms with Gasteiger partial charge in [-0.15, -0.1) is 0 Å². The van der Waals surface area contributed by atoms with Crippen LogP contribution in [0.3, 0.4) is 0 Å². The minimum atomic E-state index is -0.105. The molecule has 0 bridgehead atoms. The van der Waals surface area contributed by atoms with E-state index in [9.17, 15) is 0 Å². The number of aliphatic imine (C=N–C) groups is 6. The number of rotatable bonds is 8. The Hall–Kier alpha value is -9.60. The van der Waals surface area contributed by atoms with Crippen molar-refractivity contribution in [2.75, 3.05) is 4.90 Å². The Balaban J connectivity index is 0.927. The van der Waals surface area contributed by atoms with E-state index in [1.165, 1.54) is 75.5 Å². The van der Waals surface area contributed by atoms with Crippen molar-refractivity contribution in [3.63, 3.8) is 0 Å². The van der Waals surface area contributed by atoms with Crippen LogP contribution >= 0.6 is 0 Å². The number of fused-ring (bicyclic) bond motifs is 4. The second-order valence-electron chi connectivity index (χ2n) is 19.1. The van der Waals surface area contributed by atoms with Gasteiger partial charge in [0.1, 0.15) is 0 Å². The Bertz CT molecular complexity index is 4140. The average Bonchev–Trinajstić information content (AvgIpc) is 3.64. The molecule has 0 saturated carbocycles. The summed E-state index contributed by atoms with van der Waals surface area (Å²) in [5.41, 5.74) is 19.3. The monoisotopic (exact) mass is 1040 g/mol. The minimum absolute atomic E-state index is 0.0614. The Morgan fingerprint density at radius 1 is 0.276 bits per heavy atom. The summed E-state index contributed by atoms with van der Waals surface area (Å²) in [7, 11) is 0. The molecule has 10 aromatic rings. The van der Waals surface area contributed by atoms with Gasteiger partial charge < -0.3 is 0 Å². The third kappa shape index (κ3) is 7.61. The Labute approximate surface area is 446 Å². The number of amidine groups is 3. The van der Waals surface area contributed by atoms with Crippen molar-refractivity contribution < 1.29 is 0 Å². The molecule has 0 radical (unpaired) electrons. The number of hydrogen-bond donors (Lipinski definition) is 0. The van der Waals surface area contributed by atoms with Crippen LogP contribution in [0.4, 0.5) is 17.1 Å². The van der Waals surface area contributed by atoms with Gasteiger partial charge in [-0.2, -0.15) is 0 Å². The molecule has 15 rings (SSSR count). The topological polar surface area (TPSA) is 80.6 Å². The van der Waals surface area contributed by atoms with E-state index >= 15 is 0 Å². The fourth-order valence-electron chi connectivity index (χ4n) is 10.9. The van der Waals surface area contributed by atoms with Gasteiger partial charge in [-0.1, -0.05) is 12.1 Å². The molecule has 5 heterocycles. The van der Waals surface area contributed by atoms with E-state index in [0.29, 0.717) is 35.4 Å². The van der Waals surface area contributed by atoms with Crippen LogP contribution in [0.2, 0.25) is 0 Å². The normalized spacial score (nSPS) is 14.7. The van der Waals surface area contributed by atoms with E-state index in [1.54, 1.807) is 4.90 Å². The van der Waals surface area contributed by atoms with Crippen LogP contribution in [-0.4, -0.2) is 62.0 Å². The van der Waals surface area contributed by atoms with Gasteiger partial charge in [-0.3, -0.25) is 0 Å². The van der Waals surface area contributed by atoms with Crippen LogP contribution in [0.15, 0.2) is 279 Å². The molecular formula is C66H41BN8Se. The molecule has 0 spiro atoms. The van der Waals surface area contributed by atoms with Crippen LogP contribution in [0.1, 0.15) is 16.7 Å². The third-order valence-electron chi connectivity index (χ3n) is 14.6. The first-order chi connectivity index (χ1) is 37.6. The molecule has 0 fully saturated rings. The zero-order chi connectivity index (χ0) is 50.1. The second-order valence-corrected chi connectivity index (χ2v) is 21.4. The molecule has 0 N–H and O–H groups in total. The number of nitrogens with zero attached hydrogens (tertiary/aromatic N) is 8. The quantitative estimate of drug-likeness (QED) is 0.142. The summed E-state index contributed by atoms with van der Waals surface area (Å²) >= 11 is -0.0614. The van der Waals surface area contributed by atoms with E-state index in [0.717, 1.165) is 28.1 Å². The molecule has 5 aliphatic rings. The summed E-state index contributed by atoms with van der Waals surface area (Å²) < 4.78 is 2.69. The molecule has 0 amide bonds. The fourth-order valence-corrected chi connectivity index (χ4v) is 13.4. The van der Waals surface area contributed by atoms with Gasteiger partial charge in [-0.25, -0.2) is 0 Å². The number of anilines is 3. The number of benzene rings is 10. The molecule has 0 aliphatic carbocycles. The summed E-state index contributed by atoms with van der Waals surface area (Å²) in [5.74, 6) is 2.86. The van der Waals surface area contributed by atoms with E-state index in [-0.39, 0.29) is 21.7 Å². The Kier molecular flexibility index (Phi) is 10.5. The molecule has 10 heteroatoms. The summed E-state index contributed by atoms with van der Waals surface area (Å²) in [6.45, 7) is -0.105. The molecule has 0 saturated heterocycles. The molecule has 354 valence electrons. The Morgan fingerprint density at radius 3 is 1.28 bits per heavy atom. The first-order valence-electron chi connectivity index (χ1n) is 25.4. The predicted molar refractivity (Wildman–Crippen MR) is 316 cm³/mol. The van der Waals surface area contributed by atoms with Crippen molar-refractivity contribution in [3.8, 4) is 44.5 Å². The van der Waals surface area contributed by atoms with Crippen LogP contribution in [0.5, 0.6) is 0 Å². The number of hydrogen-bond acceptors (Lipinski definition) is 8. The van der Waals surface area contributed by atoms with Crippen molar-refractivity contribution in [1.82, 2.24) is 4.90 Å². The van der Waals surface area contributed by atoms with Gasteiger partial charge >= 0.3 is 437 Å². The van der Waals surface area contributed by atoms with Crippen LogP contribution in [0, 0.1) is 0 Å². The van der Waals surface area contributed by atoms with Gasteiger partial charge in [0.2, 0.25) is 0 Å². The van der Waals surface area contributed by atoms with Gasteiger partial charge in [0.25, 0.3) is 0 Å². The van der Waals surface area contributed by atoms with Crippen molar-refractivity contribution in [2.24, 2.45) is 30.0 Å². The van der Waals surface area contributed by atoms with Crippen molar-refractivity contribution >= 4 is 99.4 Å². The zero-order valence-electron chi connectivity index (χ0n) is 40.7. The zero-order valence-corrected chi connectivity index (χ0v) is 42.4. The molecule has 0 aromatic heterocycles. The van der Waals surface area contributed by atoms with E-state index < -0.39 is 0 Å². The van der Waals surface area contributed by atoms with E-state index in [2.05, 4.69) is 193 Å². The summed E-state index contributed by atoms with van der Waals surface area (Å²) in [6.07, 6.45) is 0. The van der Waals surface area contributed by atoms with Crippen LogP contribution < -0.4 is 30.2 Å². The molecule has 0 atom stereocenters. The fraction of sp³-hybridized carbons (Fsp3) is 0. The first kappa shape index (κ1) is 43.9. The molecule has 10 aromatic carbocycles.